The highest BCUT2D eigenvalue weighted by Crippen LogP contribution is 2.49. The minimum Gasteiger partial charge on any atom is -0.464 e. The van der Waals surface area contributed by atoms with E-state index in [0.717, 1.165) is 16.5 Å². The lowest BCUT2D eigenvalue weighted by atomic mass is 9.84. The number of thiophene rings is 1. The molecule has 0 radical (unpaired) electrons. The molecule has 0 spiro atoms. The average molecular weight is 603 g/mol. The highest BCUT2D eigenvalue weighted by molar-refractivity contribution is 7.26. The van der Waals surface area contributed by atoms with E-state index in [1.165, 1.54) is 80.3 Å². The van der Waals surface area contributed by atoms with Gasteiger partial charge in [-0.15, -0.1) is 11.3 Å². The average Bonchev–Trinajstić information content (AvgIpc) is 3.70. The van der Waals surface area contributed by atoms with E-state index in [2.05, 4.69) is 152 Å². The van der Waals surface area contributed by atoms with Crippen LogP contribution in [-0.2, 0) is 0 Å². The van der Waals surface area contributed by atoms with Crippen molar-refractivity contribution in [3.8, 4) is 33.4 Å². The molecule has 1 nitrogen and oxygen atoms in total. The summed E-state index contributed by atoms with van der Waals surface area (Å²) in [4.78, 5) is 0. The lowest BCUT2D eigenvalue weighted by Crippen LogP contribution is -1.92. The maximum Gasteiger partial charge on any atom is 0.135 e. The first-order valence-corrected chi connectivity index (χ1v) is 16.5. The molecule has 0 unspecified atom stereocenters. The minimum absolute atomic E-state index is 0.912. The number of fused-ring (bicyclic) bond motifs is 7. The lowest BCUT2D eigenvalue weighted by molar-refractivity contribution is 0.617. The Morgan fingerprint density at radius 3 is 1.70 bits per heavy atom. The van der Waals surface area contributed by atoms with Crippen molar-refractivity contribution < 1.29 is 4.42 Å². The van der Waals surface area contributed by atoms with Gasteiger partial charge in [0.1, 0.15) is 5.58 Å². The van der Waals surface area contributed by atoms with Gasteiger partial charge in [-0.05, 0) is 90.5 Å². The second-order valence-electron chi connectivity index (χ2n) is 12.0. The van der Waals surface area contributed by atoms with Crippen LogP contribution in [-0.4, -0.2) is 0 Å². The van der Waals surface area contributed by atoms with Crippen molar-refractivity contribution >= 4 is 74.8 Å². The highest BCUT2D eigenvalue weighted by atomic mass is 32.1. The van der Waals surface area contributed by atoms with Crippen molar-refractivity contribution in [2.45, 2.75) is 0 Å². The standard InChI is InChI=1S/C44H26OS/c1-2-12-27(13-3-1)42-31-16-6-8-18-33(31)43(34-19-9-7-17-32(34)42)37-23-30(25-41-44(37)35-20-10-11-21-40(35)46-41)38-26-45-39-24-29-15-5-4-14-28(29)22-36(38)39/h1-26H. The second-order valence-corrected chi connectivity index (χ2v) is 13.1. The molecule has 2 aromatic heterocycles. The predicted octanol–water partition coefficient (Wildman–Crippen LogP) is 13.3. The van der Waals surface area contributed by atoms with E-state index in [1.54, 1.807) is 0 Å². The molecular formula is C44H26OS. The molecule has 8 aromatic carbocycles. The van der Waals surface area contributed by atoms with Crippen LogP contribution < -0.4 is 0 Å². The summed E-state index contributed by atoms with van der Waals surface area (Å²) >= 11 is 1.87. The summed E-state index contributed by atoms with van der Waals surface area (Å²) in [6.45, 7) is 0. The third kappa shape index (κ3) is 3.74. The maximum absolute atomic E-state index is 6.24. The van der Waals surface area contributed by atoms with Crippen LogP contribution in [0.5, 0.6) is 0 Å². The van der Waals surface area contributed by atoms with Gasteiger partial charge in [-0.25, -0.2) is 0 Å². The molecule has 0 aliphatic heterocycles. The van der Waals surface area contributed by atoms with E-state index in [1.807, 2.05) is 17.6 Å². The van der Waals surface area contributed by atoms with Crippen LogP contribution >= 0.6 is 11.3 Å². The number of furan rings is 1. The fraction of sp³-hybridized carbons (Fsp3) is 0. The predicted molar refractivity (Wildman–Crippen MR) is 198 cm³/mol. The van der Waals surface area contributed by atoms with Crippen molar-refractivity contribution in [2.75, 3.05) is 0 Å². The Balaban J connectivity index is 1.36. The fourth-order valence-corrected chi connectivity index (χ4v) is 8.65. The van der Waals surface area contributed by atoms with Gasteiger partial charge in [-0.3, -0.25) is 0 Å². The minimum atomic E-state index is 0.912. The first-order valence-electron chi connectivity index (χ1n) is 15.7. The Morgan fingerprint density at radius 2 is 0.978 bits per heavy atom. The van der Waals surface area contributed by atoms with E-state index < -0.39 is 0 Å². The van der Waals surface area contributed by atoms with Crippen molar-refractivity contribution in [3.63, 3.8) is 0 Å². The summed E-state index contributed by atoms with van der Waals surface area (Å²) in [6, 6.07) is 55.2. The quantitative estimate of drug-likeness (QED) is 0.183. The van der Waals surface area contributed by atoms with Gasteiger partial charge in [0.2, 0.25) is 0 Å². The Morgan fingerprint density at radius 1 is 0.391 bits per heavy atom. The normalized spacial score (nSPS) is 11.9. The van der Waals surface area contributed by atoms with Crippen LogP contribution in [0.1, 0.15) is 0 Å². The molecule has 0 aliphatic rings. The van der Waals surface area contributed by atoms with Crippen molar-refractivity contribution in [1.29, 1.82) is 0 Å². The zero-order valence-electron chi connectivity index (χ0n) is 24.8. The van der Waals surface area contributed by atoms with E-state index in [-0.39, 0.29) is 0 Å². The molecule has 2 heteroatoms. The Kier molecular flexibility index (Phi) is 5.51. The molecule has 10 aromatic rings. The largest absolute Gasteiger partial charge is 0.464 e. The molecule has 0 atom stereocenters. The van der Waals surface area contributed by atoms with E-state index >= 15 is 0 Å². The topological polar surface area (TPSA) is 13.1 Å². The molecule has 0 aliphatic carbocycles. The van der Waals surface area contributed by atoms with E-state index in [0.29, 0.717) is 0 Å². The number of benzene rings is 8. The molecule has 0 N–H and O–H groups in total. The van der Waals surface area contributed by atoms with Gasteiger partial charge in [0.25, 0.3) is 0 Å². The summed E-state index contributed by atoms with van der Waals surface area (Å²) in [5.74, 6) is 0. The van der Waals surface area contributed by atoms with Gasteiger partial charge in [0, 0.05) is 31.1 Å². The van der Waals surface area contributed by atoms with E-state index in [4.69, 9.17) is 4.42 Å². The smallest absolute Gasteiger partial charge is 0.135 e. The Bertz CT molecular complexity index is 2740. The molecule has 0 saturated carbocycles. The summed E-state index contributed by atoms with van der Waals surface area (Å²) in [6.07, 6.45) is 1.94. The molecule has 0 fully saturated rings. The van der Waals surface area contributed by atoms with Crippen LogP contribution in [0.2, 0.25) is 0 Å². The van der Waals surface area contributed by atoms with Gasteiger partial charge >= 0.3 is 0 Å². The van der Waals surface area contributed by atoms with Crippen LogP contribution in [0.4, 0.5) is 0 Å². The first-order chi connectivity index (χ1) is 22.8. The molecule has 0 saturated heterocycles. The van der Waals surface area contributed by atoms with Gasteiger partial charge < -0.3 is 4.42 Å². The fourth-order valence-electron chi connectivity index (χ4n) is 7.48. The van der Waals surface area contributed by atoms with Crippen molar-refractivity contribution in [2.24, 2.45) is 0 Å². The van der Waals surface area contributed by atoms with Gasteiger partial charge in [0.15, 0.2) is 0 Å². The Hall–Kier alpha value is -5.70. The third-order valence-corrected chi connectivity index (χ3v) is 10.6. The molecule has 46 heavy (non-hydrogen) atoms. The van der Waals surface area contributed by atoms with Gasteiger partial charge in [-0.1, -0.05) is 121 Å². The second kappa shape index (κ2) is 9.90. The van der Waals surface area contributed by atoms with Crippen LogP contribution in [0, 0.1) is 0 Å². The summed E-state index contributed by atoms with van der Waals surface area (Å²) in [7, 11) is 0. The Labute approximate surface area is 269 Å². The maximum atomic E-state index is 6.24. The van der Waals surface area contributed by atoms with E-state index in [9.17, 15) is 0 Å². The van der Waals surface area contributed by atoms with Crippen LogP contribution in [0.15, 0.2) is 162 Å². The lowest BCUT2D eigenvalue weighted by Gasteiger charge is -2.19. The molecule has 10 rings (SSSR count). The third-order valence-electron chi connectivity index (χ3n) is 9.49. The first kappa shape index (κ1) is 25.6. The molecule has 2 heterocycles. The number of hydrogen-bond donors (Lipinski definition) is 0. The van der Waals surface area contributed by atoms with Crippen molar-refractivity contribution in [3.05, 3.63) is 158 Å². The molecular weight excluding hydrogens is 577 g/mol. The van der Waals surface area contributed by atoms with Crippen molar-refractivity contribution in [1.82, 2.24) is 0 Å². The highest BCUT2D eigenvalue weighted by Gasteiger charge is 2.21. The molecule has 0 amide bonds. The monoisotopic (exact) mass is 602 g/mol. The van der Waals surface area contributed by atoms with Crippen LogP contribution in [0.3, 0.4) is 0 Å². The van der Waals surface area contributed by atoms with Gasteiger partial charge in [-0.2, -0.15) is 0 Å². The number of hydrogen-bond acceptors (Lipinski definition) is 2. The molecule has 0 bridgehead atoms. The van der Waals surface area contributed by atoms with Crippen LogP contribution in [0.25, 0.3) is 96.8 Å². The number of rotatable bonds is 3. The SMILES string of the molecule is c1ccc(-c2c3ccccc3c(-c3cc(-c4coc5cc6ccccc6cc45)cc4sc5ccccc5c34)c3ccccc23)cc1. The summed E-state index contributed by atoms with van der Waals surface area (Å²) in [5.41, 5.74) is 8.25. The summed E-state index contributed by atoms with van der Waals surface area (Å²) < 4.78 is 8.82. The zero-order chi connectivity index (χ0) is 30.2. The van der Waals surface area contributed by atoms with Gasteiger partial charge in [0.05, 0.1) is 6.26 Å². The molecule has 214 valence electrons. The summed E-state index contributed by atoms with van der Waals surface area (Å²) in [5, 5.41) is 11.2. The zero-order valence-corrected chi connectivity index (χ0v) is 25.6.